The van der Waals surface area contributed by atoms with Gasteiger partial charge in [-0.15, -0.1) is 11.3 Å². The molecule has 0 spiro atoms. The number of fused-ring (bicyclic) bond motifs is 3. The molecule has 3 aromatic rings. The average molecular weight is 404 g/mol. The van der Waals surface area contributed by atoms with E-state index in [1.54, 1.807) is 29.8 Å². The molecule has 26 heavy (non-hydrogen) atoms. The summed E-state index contributed by atoms with van der Waals surface area (Å²) in [5.74, 6) is -0.0619. The fraction of sp³-hybridized carbons (Fsp3) is 0.316. The molecule has 1 aliphatic carbocycles. The maximum Gasteiger partial charge on any atom is 0.237 e. The lowest BCUT2D eigenvalue weighted by atomic mass is 9.97. The number of halogens is 1. The van der Waals surface area contributed by atoms with Gasteiger partial charge in [-0.05, 0) is 56.4 Å². The Morgan fingerprint density at radius 1 is 1.31 bits per heavy atom. The van der Waals surface area contributed by atoms with E-state index in [1.165, 1.54) is 35.0 Å². The highest BCUT2D eigenvalue weighted by Gasteiger charge is 2.23. The van der Waals surface area contributed by atoms with E-state index < -0.39 is 0 Å². The van der Waals surface area contributed by atoms with Crippen molar-refractivity contribution in [3.63, 3.8) is 0 Å². The number of benzene rings is 1. The predicted octanol–water partition coefficient (Wildman–Crippen LogP) is 5.34. The lowest BCUT2D eigenvalue weighted by Crippen LogP contribution is -2.22. The van der Waals surface area contributed by atoms with Crippen molar-refractivity contribution in [3.05, 3.63) is 46.1 Å². The second-order valence-corrected chi connectivity index (χ2v) is 9.18. The Bertz CT molecular complexity index is 973. The summed E-state index contributed by atoms with van der Waals surface area (Å²) in [6.45, 7) is 1.90. The standard InChI is InChI=1S/C19H18ClN3OS2/c1-11(17(24)23-13-6-4-5-12(20)9-13)25-18-16-14-7-2-3-8-15(14)26-19(16)22-10-21-18/h4-6,9-11H,2-3,7-8H2,1H3,(H,23,24). The average Bonchev–Trinajstić information content (AvgIpc) is 3.01. The fourth-order valence-electron chi connectivity index (χ4n) is 3.18. The van der Waals surface area contributed by atoms with Crippen LogP contribution in [0.25, 0.3) is 10.2 Å². The van der Waals surface area contributed by atoms with E-state index in [0.717, 1.165) is 28.1 Å². The Kier molecular flexibility index (Phi) is 5.16. The lowest BCUT2D eigenvalue weighted by Gasteiger charge is -2.14. The van der Waals surface area contributed by atoms with Crippen LogP contribution in [-0.2, 0) is 17.6 Å². The first-order valence-electron chi connectivity index (χ1n) is 8.60. The monoisotopic (exact) mass is 403 g/mol. The number of nitrogens with one attached hydrogen (secondary N) is 1. The molecule has 4 rings (SSSR count). The Labute approximate surface area is 165 Å². The van der Waals surface area contributed by atoms with Crippen molar-refractivity contribution in [2.24, 2.45) is 0 Å². The summed E-state index contributed by atoms with van der Waals surface area (Å²) in [4.78, 5) is 24.0. The van der Waals surface area contributed by atoms with E-state index in [-0.39, 0.29) is 11.2 Å². The first kappa shape index (κ1) is 17.8. The number of hydrogen-bond donors (Lipinski definition) is 1. The van der Waals surface area contributed by atoms with Gasteiger partial charge in [0.15, 0.2) is 0 Å². The third-order valence-corrected chi connectivity index (χ3v) is 7.00. The second-order valence-electron chi connectivity index (χ2n) is 6.33. The first-order valence-corrected chi connectivity index (χ1v) is 10.7. The van der Waals surface area contributed by atoms with Gasteiger partial charge in [-0.2, -0.15) is 0 Å². The zero-order chi connectivity index (χ0) is 18.1. The van der Waals surface area contributed by atoms with E-state index in [9.17, 15) is 4.79 Å². The van der Waals surface area contributed by atoms with Crippen molar-refractivity contribution in [3.8, 4) is 0 Å². The van der Waals surface area contributed by atoms with Gasteiger partial charge in [0.1, 0.15) is 16.2 Å². The molecule has 0 bridgehead atoms. The summed E-state index contributed by atoms with van der Waals surface area (Å²) in [5.41, 5.74) is 2.09. The number of hydrogen-bond acceptors (Lipinski definition) is 5. The maximum absolute atomic E-state index is 12.6. The number of carbonyl (C=O) groups excluding carboxylic acids is 1. The SMILES string of the molecule is CC(Sc1ncnc2sc3c(c12)CCCC3)C(=O)Nc1cccc(Cl)c1. The van der Waals surface area contributed by atoms with Crippen LogP contribution in [0.2, 0.25) is 5.02 Å². The molecule has 2 aromatic heterocycles. The number of aromatic nitrogens is 2. The molecule has 1 amide bonds. The van der Waals surface area contributed by atoms with Crippen LogP contribution in [-0.4, -0.2) is 21.1 Å². The van der Waals surface area contributed by atoms with E-state index in [1.807, 2.05) is 19.1 Å². The normalized spacial score (nSPS) is 14.8. The number of thiophene rings is 1. The van der Waals surface area contributed by atoms with Gasteiger partial charge in [0.05, 0.1) is 5.25 Å². The molecular weight excluding hydrogens is 386 g/mol. The van der Waals surface area contributed by atoms with Crippen LogP contribution in [0.3, 0.4) is 0 Å². The third kappa shape index (κ3) is 3.59. The van der Waals surface area contributed by atoms with Crippen LogP contribution in [0, 0.1) is 0 Å². The molecule has 1 unspecified atom stereocenters. The van der Waals surface area contributed by atoms with Crippen LogP contribution in [0.4, 0.5) is 5.69 Å². The van der Waals surface area contributed by atoms with Gasteiger partial charge in [0, 0.05) is 21.0 Å². The molecule has 1 atom stereocenters. The first-order chi connectivity index (χ1) is 12.6. The van der Waals surface area contributed by atoms with Crippen molar-refractivity contribution < 1.29 is 4.79 Å². The van der Waals surface area contributed by atoms with E-state index in [0.29, 0.717) is 10.7 Å². The number of nitrogens with zero attached hydrogens (tertiary/aromatic N) is 2. The minimum absolute atomic E-state index is 0.0619. The minimum atomic E-state index is -0.272. The van der Waals surface area contributed by atoms with Crippen molar-refractivity contribution >= 4 is 56.5 Å². The molecule has 2 heterocycles. The van der Waals surface area contributed by atoms with Crippen LogP contribution in [0.1, 0.15) is 30.2 Å². The molecule has 0 aliphatic heterocycles. The van der Waals surface area contributed by atoms with Gasteiger partial charge < -0.3 is 5.32 Å². The summed E-state index contributed by atoms with van der Waals surface area (Å²) in [6.07, 6.45) is 6.27. The Hall–Kier alpha value is -1.63. The largest absolute Gasteiger partial charge is 0.325 e. The van der Waals surface area contributed by atoms with Crippen molar-refractivity contribution in [1.82, 2.24) is 9.97 Å². The summed E-state index contributed by atoms with van der Waals surface area (Å²) in [5, 5.41) is 5.31. The van der Waals surface area contributed by atoms with Crippen LogP contribution in [0.15, 0.2) is 35.6 Å². The quantitative estimate of drug-likeness (QED) is 0.471. The molecule has 0 saturated heterocycles. The molecule has 7 heteroatoms. The Morgan fingerprint density at radius 3 is 3.00 bits per heavy atom. The summed E-state index contributed by atoms with van der Waals surface area (Å²) < 4.78 is 0. The van der Waals surface area contributed by atoms with E-state index in [4.69, 9.17) is 11.6 Å². The molecule has 4 nitrogen and oxygen atoms in total. The van der Waals surface area contributed by atoms with Crippen molar-refractivity contribution in [2.75, 3.05) is 5.32 Å². The highest BCUT2D eigenvalue weighted by atomic mass is 35.5. The van der Waals surface area contributed by atoms with Crippen LogP contribution < -0.4 is 5.32 Å². The third-order valence-electron chi connectivity index (χ3n) is 4.47. The molecule has 0 fully saturated rings. The Morgan fingerprint density at radius 2 is 2.15 bits per heavy atom. The maximum atomic E-state index is 12.6. The van der Waals surface area contributed by atoms with E-state index >= 15 is 0 Å². The summed E-state index contributed by atoms with van der Waals surface area (Å²) in [7, 11) is 0. The molecule has 1 aromatic carbocycles. The molecule has 0 saturated carbocycles. The smallest absolute Gasteiger partial charge is 0.237 e. The number of thioether (sulfide) groups is 1. The number of rotatable bonds is 4. The lowest BCUT2D eigenvalue weighted by molar-refractivity contribution is -0.115. The van der Waals surface area contributed by atoms with Crippen LogP contribution >= 0.6 is 34.7 Å². The minimum Gasteiger partial charge on any atom is -0.325 e. The summed E-state index contributed by atoms with van der Waals surface area (Å²) in [6, 6.07) is 7.18. The molecule has 1 aliphatic rings. The van der Waals surface area contributed by atoms with Gasteiger partial charge in [-0.25, -0.2) is 9.97 Å². The van der Waals surface area contributed by atoms with Gasteiger partial charge in [-0.1, -0.05) is 29.4 Å². The van der Waals surface area contributed by atoms with E-state index in [2.05, 4.69) is 15.3 Å². The molecule has 1 N–H and O–H groups in total. The highest BCUT2D eigenvalue weighted by Crippen LogP contribution is 2.40. The highest BCUT2D eigenvalue weighted by molar-refractivity contribution is 8.00. The van der Waals surface area contributed by atoms with Gasteiger partial charge in [-0.3, -0.25) is 4.79 Å². The predicted molar refractivity (Wildman–Crippen MR) is 109 cm³/mol. The fourth-order valence-corrected chi connectivity index (χ4v) is 5.61. The molecule has 134 valence electrons. The molecule has 0 radical (unpaired) electrons. The van der Waals surface area contributed by atoms with Crippen LogP contribution in [0.5, 0.6) is 0 Å². The number of aryl methyl sites for hydroxylation is 2. The van der Waals surface area contributed by atoms with Gasteiger partial charge in [0.25, 0.3) is 0 Å². The number of anilines is 1. The van der Waals surface area contributed by atoms with Gasteiger partial charge >= 0.3 is 0 Å². The topological polar surface area (TPSA) is 54.9 Å². The summed E-state index contributed by atoms with van der Waals surface area (Å²) >= 11 is 9.25. The number of carbonyl (C=O) groups is 1. The zero-order valence-electron chi connectivity index (χ0n) is 14.3. The van der Waals surface area contributed by atoms with Gasteiger partial charge in [0.2, 0.25) is 5.91 Å². The second kappa shape index (κ2) is 7.55. The zero-order valence-corrected chi connectivity index (χ0v) is 16.7. The Balaban J connectivity index is 1.56. The number of amides is 1. The molecular formula is C19H18ClN3OS2. The van der Waals surface area contributed by atoms with Crippen molar-refractivity contribution in [2.45, 2.75) is 42.9 Å². The van der Waals surface area contributed by atoms with Crippen molar-refractivity contribution in [1.29, 1.82) is 0 Å².